The van der Waals surface area contributed by atoms with Gasteiger partial charge in [-0.2, -0.15) is 0 Å². The van der Waals surface area contributed by atoms with Crippen LogP contribution in [0.5, 0.6) is 0 Å². The van der Waals surface area contributed by atoms with E-state index in [4.69, 9.17) is 15.0 Å². The van der Waals surface area contributed by atoms with Crippen LogP contribution in [0.3, 0.4) is 0 Å². The van der Waals surface area contributed by atoms with Gasteiger partial charge in [0.05, 0.1) is 39.3 Å². The summed E-state index contributed by atoms with van der Waals surface area (Å²) in [7, 11) is 0. The van der Waals surface area contributed by atoms with E-state index in [1.807, 2.05) is 36.5 Å². The van der Waals surface area contributed by atoms with Gasteiger partial charge in [-0.15, -0.1) is 0 Å². The van der Waals surface area contributed by atoms with E-state index >= 15 is 0 Å². The summed E-state index contributed by atoms with van der Waals surface area (Å²) in [6.07, 6.45) is 8.00. The highest BCUT2D eigenvalue weighted by Gasteiger charge is 2.15. The minimum absolute atomic E-state index is 0.815. The van der Waals surface area contributed by atoms with Crippen LogP contribution in [-0.4, -0.2) is 26.5 Å². The number of pyridine rings is 4. The Kier molecular flexibility index (Phi) is 6.13. The third-order valence-electron chi connectivity index (χ3n) is 8.73. The molecule has 5 nitrogen and oxygen atoms in total. The van der Waals surface area contributed by atoms with Crippen molar-refractivity contribution in [3.05, 3.63) is 145 Å². The Balaban J connectivity index is 1.10. The molecule has 0 saturated heterocycles. The van der Waals surface area contributed by atoms with E-state index in [1.54, 1.807) is 6.20 Å². The first-order chi connectivity index (χ1) is 22.8. The molecule has 1 aliphatic heterocycles. The molecule has 0 amide bonds. The van der Waals surface area contributed by atoms with Gasteiger partial charge in [-0.1, -0.05) is 78.9 Å². The predicted octanol–water partition coefficient (Wildman–Crippen LogP) is 9.83. The quantitative estimate of drug-likeness (QED) is 0.221. The molecule has 0 aliphatic carbocycles. The van der Waals surface area contributed by atoms with Gasteiger partial charge < -0.3 is 5.32 Å². The summed E-state index contributed by atoms with van der Waals surface area (Å²) in [5.74, 6) is 0. The number of nitrogens with zero attached hydrogens (tertiary/aromatic N) is 4. The van der Waals surface area contributed by atoms with E-state index in [1.165, 1.54) is 5.56 Å². The SMILES string of the molecule is C1=Cc2cc(-c3cccc(-c4ccc5ccc(-c6ccc7ccc(-c8ccccn8)nc7c6)nc5c4)c3)c3cccnc3c2NC1. The summed E-state index contributed by atoms with van der Waals surface area (Å²) in [5, 5.41) is 6.84. The first kappa shape index (κ1) is 26.2. The Morgan fingerprint density at radius 3 is 2.13 bits per heavy atom. The summed E-state index contributed by atoms with van der Waals surface area (Å²) in [5.41, 5.74) is 13.4. The summed E-state index contributed by atoms with van der Waals surface area (Å²) < 4.78 is 0. The van der Waals surface area contributed by atoms with Crippen molar-refractivity contribution in [1.29, 1.82) is 0 Å². The van der Waals surface area contributed by atoms with Crippen LogP contribution in [0.1, 0.15) is 5.56 Å². The van der Waals surface area contributed by atoms with Gasteiger partial charge in [-0.05, 0) is 76.9 Å². The maximum absolute atomic E-state index is 5.13. The van der Waals surface area contributed by atoms with Crippen molar-refractivity contribution in [3.63, 3.8) is 0 Å². The molecule has 4 aromatic heterocycles. The summed E-state index contributed by atoms with van der Waals surface area (Å²) in [4.78, 5) is 19.3. The smallest absolute Gasteiger partial charge is 0.0945 e. The second kappa shape index (κ2) is 10.8. The molecule has 0 spiro atoms. The molecule has 0 bridgehead atoms. The molecule has 0 unspecified atom stereocenters. The van der Waals surface area contributed by atoms with Gasteiger partial charge in [0.15, 0.2) is 0 Å². The molecule has 9 rings (SSSR count). The van der Waals surface area contributed by atoms with Crippen LogP contribution in [-0.2, 0) is 0 Å². The molecule has 1 N–H and O–H groups in total. The topological polar surface area (TPSA) is 63.6 Å². The number of benzene rings is 4. The van der Waals surface area contributed by atoms with Gasteiger partial charge in [0.1, 0.15) is 0 Å². The number of hydrogen-bond acceptors (Lipinski definition) is 5. The molecule has 0 radical (unpaired) electrons. The lowest BCUT2D eigenvalue weighted by atomic mass is 9.93. The van der Waals surface area contributed by atoms with E-state index in [-0.39, 0.29) is 0 Å². The molecule has 46 heavy (non-hydrogen) atoms. The van der Waals surface area contributed by atoms with Crippen molar-refractivity contribution in [3.8, 4) is 44.9 Å². The highest BCUT2D eigenvalue weighted by molar-refractivity contribution is 6.05. The normalized spacial score (nSPS) is 12.3. The Labute approximate surface area is 266 Å². The number of aromatic nitrogens is 4. The standard InChI is InChI=1S/C41H27N5/c1-2-19-42-36(10-1)37-18-16-27-12-14-31(25-39(27)46-37)35-17-15-26-11-13-29(24-38(26)45-35)28-6-3-7-30(22-28)34-23-32-8-4-20-43-40(32)41-33(34)9-5-21-44-41/h1-19,21-25,43H,20H2. The van der Waals surface area contributed by atoms with Crippen molar-refractivity contribution in [1.82, 2.24) is 19.9 Å². The highest BCUT2D eigenvalue weighted by Crippen LogP contribution is 2.38. The molecular formula is C41H27N5. The average molecular weight is 590 g/mol. The van der Waals surface area contributed by atoms with Crippen LogP contribution in [0.25, 0.3) is 83.7 Å². The third kappa shape index (κ3) is 4.57. The van der Waals surface area contributed by atoms with Crippen molar-refractivity contribution in [2.24, 2.45) is 0 Å². The molecule has 4 aromatic carbocycles. The first-order valence-electron chi connectivity index (χ1n) is 15.4. The van der Waals surface area contributed by atoms with Crippen LogP contribution in [0, 0.1) is 0 Å². The summed E-state index contributed by atoms with van der Waals surface area (Å²) in [6.45, 7) is 0.815. The Morgan fingerprint density at radius 1 is 0.522 bits per heavy atom. The van der Waals surface area contributed by atoms with Crippen molar-refractivity contribution < 1.29 is 0 Å². The van der Waals surface area contributed by atoms with Crippen molar-refractivity contribution >= 4 is 44.5 Å². The molecule has 0 fully saturated rings. The molecule has 5 heterocycles. The van der Waals surface area contributed by atoms with Gasteiger partial charge in [0.25, 0.3) is 0 Å². The molecule has 0 saturated carbocycles. The minimum Gasteiger partial charge on any atom is -0.379 e. The van der Waals surface area contributed by atoms with E-state index in [0.717, 1.165) is 89.8 Å². The fourth-order valence-electron chi connectivity index (χ4n) is 6.42. The number of fused-ring (bicyclic) bond motifs is 5. The molecule has 216 valence electrons. The maximum atomic E-state index is 5.13. The first-order valence-corrected chi connectivity index (χ1v) is 15.4. The molecule has 5 heteroatoms. The second-order valence-corrected chi connectivity index (χ2v) is 11.6. The van der Waals surface area contributed by atoms with Crippen LogP contribution < -0.4 is 5.32 Å². The van der Waals surface area contributed by atoms with Crippen molar-refractivity contribution in [2.45, 2.75) is 0 Å². The minimum atomic E-state index is 0.815. The predicted molar refractivity (Wildman–Crippen MR) is 189 cm³/mol. The number of anilines is 1. The van der Waals surface area contributed by atoms with Crippen molar-refractivity contribution in [2.75, 3.05) is 11.9 Å². The maximum Gasteiger partial charge on any atom is 0.0945 e. The fourth-order valence-corrected chi connectivity index (χ4v) is 6.42. The summed E-state index contributed by atoms with van der Waals surface area (Å²) >= 11 is 0. The molecule has 8 aromatic rings. The number of nitrogens with one attached hydrogen (secondary N) is 1. The van der Waals surface area contributed by atoms with E-state index in [2.05, 4.69) is 113 Å². The third-order valence-corrected chi connectivity index (χ3v) is 8.73. The number of hydrogen-bond donors (Lipinski definition) is 1. The lowest BCUT2D eigenvalue weighted by molar-refractivity contribution is 1.28. The average Bonchev–Trinajstić information content (AvgIpc) is 3.14. The summed E-state index contributed by atoms with van der Waals surface area (Å²) in [6, 6.07) is 42.3. The molecular weight excluding hydrogens is 562 g/mol. The zero-order valence-electron chi connectivity index (χ0n) is 24.9. The van der Waals surface area contributed by atoms with E-state index < -0.39 is 0 Å². The number of rotatable bonds is 4. The monoisotopic (exact) mass is 589 g/mol. The zero-order valence-corrected chi connectivity index (χ0v) is 24.9. The van der Waals surface area contributed by atoms with Gasteiger partial charge in [0.2, 0.25) is 0 Å². The lowest BCUT2D eigenvalue weighted by Gasteiger charge is -2.18. The van der Waals surface area contributed by atoms with Crippen LogP contribution in [0.15, 0.2) is 140 Å². The fraction of sp³-hybridized carbons (Fsp3) is 0.0244. The van der Waals surface area contributed by atoms with Crippen LogP contribution >= 0.6 is 0 Å². The van der Waals surface area contributed by atoms with Gasteiger partial charge in [-0.25, -0.2) is 9.97 Å². The van der Waals surface area contributed by atoms with Crippen LogP contribution in [0.2, 0.25) is 0 Å². The van der Waals surface area contributed by atoms with E-state index in [9.17, 15) is 0 Å². The Morgan fingerprint density at radius 2 is 1.26 bits per heavy atom. The highest BCUT2D eigenvalue weighted by atomic mass is 14.9. The lowest BCUT2D eigenvalue weighted by Crippen LogP contribution is -2.06. The Bertz CT molecular complexity index is 2480. The van der Waals surface area contributed by atoms with Crippen LogP contribution in [0.4, 0.5) is 5.69 Å². The van der Waals surface area contributed by atoms with Gasteiger partial charge in [-0.3, -0.25) is 9.97 Å². The Hall–Kier alpha value is -6.20. The zero-order chi connectivity index (χ0) is 30.5. The van der Waals surface area contributed by atoms with Gasteiger partial charge in [0, 0.05) is 46.2 Å². The second-order valence-electron chi connectivity index (χ2n) is 11.6. The molecule has 1 aliphatic rings. The molecule has 0 atom stereocenters. The largest absolute Gasteiger partial charge is 0.379 e. The van der Waals surface area contributed by atoms with Gasteiger partial charge >= 0.3 is 0 Å². The van der Waals surface area contributed by atoms with E-state index in [0.29, 0.717) is 0 Å².